The van der Waals surface area contributed by atoms with Crippen LogP contribution in [0.25, 0.3) is 11.8 Å². The van der Waals surface area contributed by atoms with E-state index in [2.05, 4.69) is 11.1 Å². The lowest BCUT2D eigenvalue weighted by molar-refractivity contribution is 0.475. The van der Waals surface area contributed by atoms with Crippen LogP contribution in [0.1, 0.15) is 40.5 Å². The highest BCUT2D eigenvalue weighted by Gasteiger charge is 2.01. The van der Waals surface area contributed by atoms with Crippen LogP contribution in [0.5, 0.6) is 0 Å². The van der Waals surface area contributed by atoms with Crippen LogP contribution in [0.2, 0.25) is 0 Å². The smallest absolute Gasteiger partial charge is 0.119 e. The lowest BCUT2D eigenvalue weighted by Gasteiger charge is -2.02. The van der Waals surface area contributed by atoms with E-state index in [1.54, 1.807) is 6.20 Å². The van der Waals surface area contributed by atoms with Gasteiger partial charge in [0.15, 0.2) is 0 Å². The van der Waals surface area contributed by atoms with Gasteiger partial charge in [-0.15, -0.1) is 0 Å². The van der Waals surface area contributed by atoms with E-state index in [-0.39, 0.29) is 0 Å². The molecule has 0 saturated carbocycles. The molecule has 1 heterocycles. The number of aliphatic hydroxyl groups excluding tert-OH is 1. The Kier molecular flexibility index (Phi) is 7.33. The van der Waals surface area contributed by atoms with E-state index in [4.69, 9.17) is 0 Å². The molecule has 0 radical (unpaired) electrons. The van der Waals surface area contributed by atoms with Crippen LogP contribution in [0.4, 0.5) is 0 Å². The number of pyridine rings is 1. The molecule has 0 amide bonds. The summed E-state index contributed by atoms with van der Waals surface area (Å²) < 4.78 is 0. The van der Waals surface area contributed by atoms with Crippen molar-refractivity contribution in [2.75, 3.05) is 0 Å². The average Bonchev–Trinajstić information content (AvgIpc) is 2.35. The number of hydrogen-bond donors (Lipinski definition) is 1. The lowest BCUT2D eigenvalue weighted by atomic mass is 10.1. The Bertz CT molecular complexity index is 382. The van der Waals surface area contributed by atoms with Gasteiger partial charge < -0.3 is 5.11 Å². The zero-order valence-corrected chi connectivity index (χ0v) is 10.1. The third-order valence-corrected chi connectivity index (χ3v) is 1.86. The van der Waals surface area contributed by atoms with Crippen LogP contribution in [0.3, 0.4) is 0 Å². The van der Waals surface area contributed by atoms with Crippen molar-refractivity contribution in [1.82, 2.24) is 4.98 Å². The highest BCUT2D eigenvalue weighted by molar-refractivity contribution is 5.41. The van der Waals surface area contributed by atoms with Gasteiger partial charge in [0, 0.05) is 12.6 Å². The van der Waals surface area contributed by atoms with Crippen molar-refractivity contribution in [3.8, 4) is 0 Å². The Balaban J connectivity index is 0.000000442. The van der Waals surface area contributed by atoms with Gasteiger partial charge in [0.25, 0.3) is 0 Å². The zero-order valence-electron chi connectivity index (χ0n) is 10.1. The number of aliphatic hydroxyl groups is 1. The normalized spacial score (nSPS) is 12.1. The third-order valence-electron chi connectivity index (χ3n) is 1.86. The van der Waals surface area contributed by atoms with Crippen molar-refractivity contribution in [3.05, 3.63) is 28.9 Å². The molecule has 0 aromatic carbocycles. The van der Waals surface area contributed by atoms with Crippen molar-refractivity contribution in [2.24, 2.45) is 0 Å². The second kappa shape index (κ2) is 8.04. The zero-order chi connectivity index (χ0) is 11.7. The maximum absolute atomic E-state index is 9.40. The van der Waals surface area contributed by atoms with Gasteiger partial charge in [-0.3, -0.25) is 4.98 Å². The molecule has 1 aromatic heterocycles. The predicted octanol–water partition coefficient (Wildman–Crippen LogP) is 2.37. The first-order chi connectivity index (χ1) is 7.38. The Hall–Kier alpha value is -1.31. The Morgan fingerprint density at radius 1 is 1.20 bits per heavy atom. The van der Waals surface area contributed by atoms with Gasteiger partial charge in [-0.1, -0.05) is 39.8 Å². The van der Waals surface area contributed by atoms with Gasteiger partial charge in [-0.2, -0.15) is 0 Å². The molecule has 1 aromatic rings. The quantitative estimate of drug-likeness (QED) is 0.708. The number of aromatic nitrogens is 1. The molecule has 84 valence electrons. The van der Waals surface area contributed by atoms with Gasteiger partial charge in [0.1, 0.15) is 11.1 Å². The van der Waals surface area contributed by atoms with Crippen molar-refractivity contribution in [3.63, 3.8) is 0 Å². The summed E-state index contributed by atoms with van der Waals surface area (Å²) >= 11 is 0. The van der Waals surface area contributed by atoms with E-state index >= 15 is 0 Å². The van der Waals surface area contributed by atoms with Crippen LogP contribution in [0.15, 0.2) is 18.3 Å². The fourth-order valence-corrected chi connectivity index (χ4v) is 1.31. The maximum Gasteiger partial charge on any atom is 0.119 e. The Labute approximate surface area is 92.0 Å². The second-order valence-corrected chi connectivity index (χ2v) is 2.63. The highest BCUT2D eigenvalue weighted by Crippen LogP contribution is 2.01. The van der Waals surface area contributed by atoms with Crippen LogP contribution < -0.4 is 10.6 Å². The van der Waals surface area contributed by atoms with Crippen LogP contribution in [-0.2, 0) is 0 Å². The summed E-state index contributed by atoms with van der Waals surface area (Å²) in [4.78, 5) is 4.08. The summed E-state index contributed by atoms with van der Waals surface area (Å²) in [6.07, 6.45) is 5.45. The largest absolute Gasteiger partial charge is 0.510 e. The van der Waals surface area contributed by atoms with Gasteiger partial charge in [0.2, 0.25) is 0 Å². The van der Waals surface area contributed by atoms with Gasteiger partial charge in [-0.05, 0) is 17.7 Å². The molecule has 15 heavy (non-hydrogen) atoms. The Morgan fingerprint density at radius 2 is 1.87 bits per heavy atom. The van der Waals surface area contributed by atoms with Crippen molar-refractivity contribution in [1.29, 1.82) is 0 Å². The van der Waals surface area contributed by atoms with E-state index in [1.165, 1.54) is 0 Å². The molecule has 0 aliphatic heterocycles. The standard InChI is InChI=1S/C9H9NO.2C2H6/c11-8-5-1-3-7-4-2-6-10-9(7)8;2*1-2/h2-4,6,11H,1,5H2;2*1-2H3. The van der Waals surface area contributed by atoms with Crippen molar-refractivity contribution in [2.45, 2.75) is 40.5 Å². The van der Waals surface area contributed by atoms with Crippen molar-refractivity contribution >= 4 is 11.8 Å². The molecule has 2 heteroatoms. The first-order valence-electron chi connectivity index (χ1n) is 5.71. The minimum Gasteiger partial charge on any atom is -0.510 e. The van der Waals surface area contributed by atoms with Gasteiger partial charge in [-0.25, -0.2) is 0 Å². The fourth-order valence-electron chi connectivity index (χ4n) is 1.31. The fraction of sp³-hybridized carbons (Fsp3) is 0.462. The summed E-state index contributed by atoms with van der Waals surface area (Å²) in [6, 6.07) is 3.85. The van der Waals surface area contributed by atoms with Gasteiger partial charge in [0.05, 0.1) is 0 Å². The molecule has 0 fully saturated rings. The maximum atomic E-state index is 9.40. The van der Waals surface area contributed by atoms with Crippen LogP contribution in [-0.4, -0.2) is 10.1 Å². The molecule has 0 unspecified atom stereocenters. The van der Waals surface area contributed by atoms with E-state index < -0.39 is 0 Å². The molecule has 2 nitrogen and oxygen atoms in total. The molecule has 0 atom stereocenters. The van der Waals surface area contributed by atoms with Crippen LogP contribution in [0, 0.1) is 0 Å². The summed E-state index contributed by atoms with van der Waals surface area (Å²) in [5.74, 6) is 0.420. The number of fused-ring (bicyclic) bond motifs is 1. The average molecular weight is 207 g/mol. The number of nitrogens with zero attached hydrogens (tertiary/aromatic N) is 1. The second-order valence-electron chi connectivity index (χ2n) is 2.63. The predicted molar refractivity (Wildman–Crippen MR) is 65.9 cm³/mol. The lowest BCUT2D eigenvalue weighted by Crippen LogP contribution is -2.32. The molecule has 1 aliphatic rings. The molecule has 1 N–H and O–H groups in total. The van der Waals surface area contributed by atoms with Gasteiger partial charge >= 0.3 is 0 Å². The van der Waals surface area contributed by atoms with Crippen molar-refractivity contribution < 1.29 is 5.11 Å². The molecule has 0 saturated heterocycles. The SMILES string of the molecule is CC.CC.OC1=c2ncccc2=CCC1. The monoisotopic (exact) mass is 207 g/mol. The summed E-state index contributed by atoms with van der Waals surface area (Å²) in [5, 5.41) is 11.2. The van der Waals surface area contributed by atoms with E-state index in [0.29, 0.717) is 5.76 Å². The molecular weight excluding hydrogens is 186 g/mol. The summed E-state index contributed by atoms with van der Waals surface area (Å²) in [7, 11) is 0. The first kappa shape index (κ1) is 13.7. The minimum atomic E-state index is 0.420. The molecule has 1 aliphatic carbocycles. The van der Waals surface area contributed by atoms with E-state index in [1.807, 2.05) is 39.8 Å². The molecule has 0 bridgehead atoms. The Morgan fingerprint density at radius 3 is 2.47 bits per heavy atom. The number of hydrogen-bond acceptors (Lipinski definition) is 2. The van der Waals surface area contributed by atoms with Crippen LogP contribution >= 0.6 is 0 Å². The van der Waals surface area contributed by atoms with E-state index in [0.717, 1.165) is 23.4 Å². The molecule has 2 rings (SSSR count). The molecule has 0 spiro atoms. The summed E-state index contributed by atoms with van der Waals surface area (Å²) in [5.41, 5.74) is 0. The highest BCUT2D eigenvalue weighted by atomic mass is 16.3. The topological polar surface area (TPSA) is 33.1 Å². The first-order valence-corrected chi connectivity index (χ1v) is 5.71. The molecular formula is C13H21NO. The van der Waals surface area contributed by atoms with E-state index in [9.17, 15) is 5.11 Å². The summed E-state index contributed by atoms with van der Waals surface area (Å²) in [6.45, 7) is 8.00. The minimum absolute atomic E-state index is 0.420. The third kappa shape index (κ3) is 3.74. The number of rotatable bonds is 0.